The van der Waals surface area contributed by atoms with Crippen LogP contribution in [0.1, 0.15) is 5.56 Å². The lowest BCUT2D eigenvalue weighted by Gasteiger charge is -2.33. The molecule has 1 heterocycles. The second-order valence-corrected chi connectivity index (χ2v) is 5.26. The predicted molar refractivity (Wildman–Crippen MR) is 75.0 cm³/mol. The summed E-state index contributed by atoms with van der Waals surface area (Å²) in [6.07, 6.45) is 0.981. The van der Waals surface area contributed by atoms with Gasteiger partial charge in [-0.15, -0.1) is 0 Å². The van der Waals surface area contributed by atoms with Crippen LogP contribution < -0.4 is 0 Å². The number of nitrogens with zero attached hydrogens (tertiary/aromatic N) is 2. The topological polar surface area (TPSA) is 32.8 Å². The molecule has 1 saturated heterocycles. The highest BCUT2D eigenvalue weighted by Gasteiger charge is 2.24. The molecule has 104 valence electrons. The summed E-state index contributed by atoms with van der Waals surface area (Å²) in [6.45, 7) is 2.51. The van der Waals surface area contributed by atoms with Gasteiger partial charge in [-0.2, -0.15) is 0 Å². The number of benzene rings is 1. The molecule has 1 aliphatic heterocycles. The van der Waals surface area contributed by atoms with Crippen molar-refractivity contribution in [1.29, 1.82) is 0 Å². The fourth-order valence-corrected chi connectivity index (χ4v) is 2.32. The van der Waals surface area contributed by atoms with Crippen molar-refractivity contribution in [2.45, 2.75) is 12.5 Å². The first-order valence-electron chi connectivity index (χ1n) is 6.73. The Kier molecular flexibility index (Phi) is 4.93. The van der Waals surface area contributed by atoms with Crippen molar-refractivity contribution in [3.05, 3.63) is 35.9 Å². The van der Waals surface area contributed by atoms with Crippen LogP contribution >= 0.6 is 0 Å². The molecule has 1 amide bonds. The van der Waals surface area contributed by atoms with E-state index in [0.29, 0.717) is 26.2 Å². The molecule has 2 rings (SSSR count). The SMILES string of the molecule is CN(C)CC(=O)N1CCO[C@@H](Cc2ccccc2)C1. The minimum absolute atomic E-state index is 0.113. The third-order valence-electron chi connectivity index (χ3n) is 3.25. The lowest BCUT2D eigenvalue weighted by Crippen LogP contribution is -2.48. The van der Waals surface area contributed by atoms with Gasteiger partial charge in [0.1, 0.15) is 0 Å². The number of rotatable bonds is 4. The Bertz CT molecular complexity index is 406. The summed E-state index contributed by atoms with van der Waals surface area (Å²) < 4.78 is 5.76. The van der Waals surface area contributed by atoms with E-state index in [-0.39, 0.29) is 12.0 Å². The standard InChI is InChI=1S/C15H22N2O2/c1-16(2)12-15(18)17-8-9-19-14(11-17)10-13-6-4-3-5-7-13/h3-7,14H,8-12H2,1-2H3/t14-/m0/s1. The first-order valence-corrected chi connectivity index (χ1v) is 6.73. The molecule has 0 radical (unpaired) electrons. The van der Waals surface area contributed by atoms with Crippen LogP contribution in [0.4, 0.5) is 0 Å². The van der Waals surface area contributed by atoms with Gasteiger partial charge in [0.05, 0.1) is 19.3 Å². The minimum Gasteiger partial charge on any atom is -0.374 e. The predicted octanol–water partition coefficient (Wildman–Crippen LogP) is 1.02. The van der Waals surface area contributed by atoms with Gasteiger partial charge < -0.3 is 14.5 Å². The second kappa shape index (κ2) is 6.68. The molecular formula is C15H22N2O2. The van der Waals surface area contributed by atoms with E-state index in [1.807, 2.05) is 42.1 Å². The van der Waals surface area contributed by atoms with Crippen molar-refractivity contribution in [3.63, 3.8) is 0 Å². The van der Waals surface area contributed by atoms with Crippen LogP contribution in [0.25, 0.3) is 0 Å². The molecule has 4 nitrogen and oxygen atoms in total. The smallest absolute Gasteiger partial charge is 0.236 e. The van der Waals surface area contributed by atoms with Gasteiger partial charge in [0.2, 0.25) is 5.91 Å². The van der Waals surface area contributed by atoms with Crippen molar-refractivity contribution in [3.8, 4) is 0 Å². The van der Waals surface area contributed by atoms with Gasteiger partial charge in [-0.1, -0.05) is 30.3 Å². The zero-order valence-corrected chi connectivity index (χ0v) is 11.7. The van der Waals surface area contributed by atoms with Crippen molar-refractivity contribution in [2.24, 2.45) is 0 Å². The highest BCUT2D eigenvalue weighted by molar-refractivity contribution is 5.78. The number of morpholine rings is 1. The van der Waals surface area contributed by atoms with Crippen LogP contribution in [0.15, 0.2) is 30.3 Å². The quantitative estimate of drug-likeness (QED) is 0.812. The maximum atomic E-state index is 12.0. The summed E-state index contributed by atoms with van der Waals surface area (Å²) in [5.74, 6) is 0.186. The highest BCUT2D eigenvalue weighted by Crippen LogP contribution is 2.12. The molecule has 1 aromatic carbocycles. The number of carbonyl (C=O) groups is 1. The Morgan fingerprint density at radius 2 is 2.11 bits per heavy atom. The molecular weight excluding hydrogens is 240 g/mol. The van der Waals surface area contributed by atoms with Crippen LogP contribution in [0, 0.1) is 0 Å². The molecule has 1 atom stereocenters. The second-order valence-electron chi connectivity index (χ2n) is 5.26. The normalized spacial score (nSPS) is 19.7. The third kappa shape index (κ3) is 4.33. The fourth-order valence-electron chi connectivity index (χ4n) is 2.32. The van der Waals surface area contributed by atoms with Gasteiger partial charge in [-0.25, -0.2) is 0 Å². The summed E-state index contributed by atoms with van der Waals surface area (Å²) in [5.41, 5.74) is 1.26. The monoisotopic (exact) mass is 262 g/mol. The summed E-state index contributed by atoms with van der Waals surface area (Å²) in [6, 6.07) is 10.3. The van der Waals surface area contributed by atoms with E-state index < -0.39 is 0 Å². The number of hydrogen-bond acceptors (Lipinski definition) is 3. The Balaban J connectivity index is 1.88. The van der Waals surface area contributed by atoms with E-state index in [0.717, 1.165) is 6.42 Å². The Morgan fingerprint density at radius 1 is 1.37 bits per heavy atom. The van der Waals surface area contributed by atoms with E-state index in [4.69, 9.17) is 4.74 Å². The van der Waals surface area contributed by atoms with E-state index >= 15 is 0 Å². The van der Waals surface area contributed by atoms with Crippen LogP contribution in [0.2, 0.25) is 0 Å². The molecule has 19 heavy (non-hydrogen) atoms. The molecule has 0 unspecified atom stereocenters. The number of carbonyl (C=O) groups excluding carboxylic acids is 1. The van der Waals surface area contributed by atoms with Crippen LogP contribution in [-0.2, 0) is 16.0 Å². The van der Waals surface area contributed by atoms with E-state index in [1.54, 1.807) is 0 Å². The number of ether oxygens (including phenoxy) is 1. The first-order chi connectivity index (χ1) is 9.15. The zero-order chi connectivity index (χ0) is 13.7. The average molecular weight is 262 g/mol. The summed E-state index contributed by atoms with van der Waals surface area (Å²) in [7, 11) is 3.83. The molecule has 0 N–H and O–H groups in total. The van der Waals surface area contributed by atoms with Crippen molar-refractivity contribution in [2.75, 3.05) is 40.3 Å². The van der Waals surface area contributed by atoms with Gasteiger partial charge in [0, 0.05) is 19.5 Å². The van der Waals surface area contributed by atoms with Crippen molar-refractivity contribution in [1.82, 2.24) is 9.80 Å². The van der Waals surface area contributed by atoms with Crippen molar-refractivity contribution < 1.29 is 9.53 Å². The van der Waals surface area contributed by atoms with Crippen LogP contribution in [0.3, 0.4) is 0 Å². The van der Waals surface area contributed by atoms with E-state index in [9.17, 15) is 4.79 Å². The maximum Gasteiger partial charge on any atom is 0.236 e. The largest absolute Gasteiger partial charge is 0.374 e. The number of amides is 1. The van der Waals surface area contributed by atoms with Gasteiger partial charge in [-0.05, 0) is 19.7 Å². The van der Waals surface area contributed by atoms with Crippen LogP contribution in [0.5, 0.6) is 0 Å². The number of likely N-dealkylation sites (N-methyl/N-ethyl adjacent to an activating group) is 1. The van der Waals surface area contributed by atoms with Gasteiger partial charge in [-0.3, -0.25) is 4.79 Å². The molecule has 0 aromatic heterocycles. The average Bonchev–Trinajstić information content (AvgIpc) is 2.39. The van der Waals surface area contributed by atoms with Gasteiger partial charge in [0.15, 0.2) is 0 Å². The Morgan fingerprint density at radius 3 is 2.79 bits per heavy atom. The van der Waals surface area contributed by atoms with E-state index in [2.05, 4.69) is 12.1 Å². The van der Waals surface area contributed by atoms with Gasteiger partial charge in [0.25, 0.3) is 0 Å². The highest BCUT2D eigenvalue weighted by atomic mass is 16.5. The molecule has 1 aliphatic rings. The minimum atomic E-state index is 0.113. The molecule has 0 spiro atoms. The van der Waals surface area contributed by atoms with Gasteiger partial charge >= 0.3 is 0 Å². The molecule has 0 aliphatic carbocycles. The molecule has 1 aromatic rings. The summed E-state index contributed by atoms with van der Waals surface area (Å²) in [5, 5.41) is 0. The molecule has 1 fully saturated rings. The molecule has 0 saturated carbocycles. The molecule has 0 bridgehead atoms. The van der Waals surface area contributed by atoms with E-state index in [1.165, 1.54) is 5.56 Å². The van der Waals surface area contributed by atoms with Crippen LogP contribution in [-0.4, -0.2) is 62.1 Å². The first kappa shape index (κ1) is 14.0. The lowest BCUT2D eigenvalue weighted by molar-refractivity contribution is -0.139. The number of hydrogen-bond donors (Lipinski definition) is 0. The summed E-state index contributed by atoms with van der Waals surface area (Å²) >= 11 is 0. The molecule has 4 heteroatoms. The Hall–Kier alpha value is -1.39. The fraction of sp³-hybridized carbons (Fsp3) is 0.533. The van der Waals surface area contributed by atoms with Crippen molar-refractivity contribution >= 4 is 5.91 Å². The Labute approximate surface area is 115 Å². The zero-order valence-electron chi connectivity index (χ0n) is 11.7. The maximum absolute atomic E-state index is 12.0. The summed E-state index contributed by atoms with van der Waals surface area (Å²) in [4.78, 5) is 15.9. The lowest BCUT2D eigenvalue weighted by atomic mass is 10.1. The third-order valence-corrected chi connectivity index (χ3v) is 3.25.